The number of carbonyl (C=O) groups is 2. The van der Waals surface area contributed by atoms with E-state index in [-0.39, 0.29) is 23.9 Å². The van der Waals surface area contributed by atoms with Crippen LogP contribution in [-0.2, 0) is 15.0 Å². The molecular weight excluding hydrogens is 356 g/mol. The quantitative estimate of drug-likeness (QED) is 0.774. The molecule has 156 valence electrons. The highest BCUT2D eigenvalue weighted by molar-refractivity contribution is 5.81. The first-order chi connectivity index (χ1) is 13.1. The Kier molecular flexibility index (Phi) is 7.47. The number of ether oxygens (including phenoxy) is 1. The van der Waals surface area contributed by atoms with Crippen molar-refractivity contribution in [2.75, 3.05) is 26.2 Å². The fourth-order valence-electron chi connectivity index (χ4n) is 3.67. The molecule has 0 unspecified atom stereocenters. The van der Waals surface area contributed by atoms with Crippen LogP contribution in [0.5, 0.6) is 5.75 Å². The van der Waals surface area contributed by atoms with Crippen molar-refractivity contribution in [2.45, 2.75) is 65.0 Å². The molecule has 0 aromatic heterocycles. The monoisotopic (exact) mass is 390 g/mol. The molecule has 1 N–H and O–H groups in total. The second-order valence-electron chi connectivity index (χ2n) is 8.55. The third-order valence-corrected chi connectivity index (χ3v) is 5.40. The number of carbonyl (C=O) groups excluding carboxylic acids is 1. The molecule has 2 rings (SSSR count). The van der Waals surface area contributed by atoms with Gasteiger partial charge in [0.1, 0.15) is 5.75 Å². The zero-order valence-corrected chi connectivity index (χ0v) is 17.8. The molecular formula is C22H34N2O4. The number of carboxylic acid groups (broad SMARTS) is 1. The SMILES string of the molecule is CCN(CC(=O)O)C1CCN(C(=O)[C@H](C)Oc2cccc(C(C)(C)C)c2)CC1. The third kappa shape index (κ3) is 5.96. The minimum Gasteiger partial charge on any atom is -0.481 e. The number of amides is 1. The summed E-state index contributed by atoms with van der Waals surface area (Å²) in [6.45, 7) is 12.2. The highest BCUT2D eigenvalue weighted by atomic mass is 16.5. The first-order valence-electron chi connectivity index (χ1n) is 10.1. The minimum atomic E-state index is -0.806. The molecule has 28 heavy (non-hydrogen) atoms. The predicted molar refractivity (Wildman–Crippen MR) is 110 cm³/mol. The molecule has 1 aliphatic rings. The molecule has 0 bridgehead atoms. The molecule has 6 heteroatoms. The summed E-state index contributed by atoms with van der Waals surface area (Å²) >= 11 is 0. The van der Waals surface area contributed by atoms with E-state index in [2.05, 4.69) is 26.8 Å². The molecule has 1 aromatic carbocycles. The molecule has 1 aromatic rings. The van der Waals surface area contributed by atoms with Crippen molar-refractivity contribution in [3.05, 3.63) is 29.8 Å². The van der Waals surface area contributed by atoms with Crippen molar-refractivity contribution < 1.29 is 19.4 Å². The normalized spacial score (nSPS) is 16.9. The van der Waals surface area contributed by atoms with Crippen LogP contribution in [0.3, 0.4) is 0 Å². The van der Waals surface area contributed by atoms with E-state index in [4.69, 9.17) is 9.84 Å². The van der Waals surface area contributed by atoms with Gasteiger partial charge in [-0.3, -0.25) is 14.5 Å². The van der Waals surface area contributed by atoms with Crippen molar-refractivity contribution in [2.24, 2.45) is 0 Å². The van der Waals surface area contributed by atoms with Crippen molar-refractivity contribution >= 4 is 11.9 Å². The summed E-state index contributed by atoms with van der Waals surface area (Å²) in [6, 6.07) is 8.13. The number of hydrogen-bond donors (Lipinski definition) is 1. The van der Waals surface area contributed by atoms with Gasteiger partial charge in [-0.25, -0.2) is 0 Å². The largest absolute Gasteiger partial charge is 0.481 e. The molecule has 1 saturated heterocycles. The molecule has 0 radical (unpaired) electrons. The van der Waals surface area contributed by atoms with Crippen molar-refractivity contribution in [1.29, 1.82) is 0 Å². The maximum Gasteiger partial charge on any atom is 0.317 e. The summed E-state index contributed by atoms with van der Waals surface area (Å²) < 4.78 is 5.93. The lowest BCUT2D eigenvalue weighted by Crippen LogP contribution is -2.50. The van der Waals surface area contributed by atoms with Gasteiger partial charge in [0, 0.05) is 19.1 Å². The highest BCUT2D eigenvalue weighted by Gasteiger charge is 2.30. The van der Waals surface area contributed by atoms with Crippen LogP contribution in [0.25, 0.3) is 0 Å². The van der Waals surface area contributed by atoms with Crippen LogP contribution in [0.2, 0.25) is 0 Å². The second kappa shape index (κ2) is 9.41. The highest BCUT2D eigenvalue weighted by Crippen LogP contribution is 2.26. The Bertz CT molecular complexity index is 675. The number of rotatable bonds is 7. The maximum absolute atomic E-state index is 12.8. The van der Waals surface area contributed by atoms with Gasteiger partial charge in [0.05, 0.1) is 6.54 Å². The third-order valence-electron chi connectivity index (χ3n) is 5.40. The lowest BCUT2D eigenvalue weighted by atomic mass is 9.87. The van der Waals surface area contributed by atoms with Crippen LogP contribution >= 0.6 is 0 Å². The van der Waals surface area contributed by atoms with E-state index in [1.807, 2.05) is 34.9 Å². The number of carboxylic acids is 1. The lowest BCUT2D eigenvalue weighted by Gasteiger charge is -2.38. The van der Waals surface area contributed by atoms with Crippen LogP contribution in [0.15, 0.2) is 24.3 Å². The summed E-state index contributed by atoms with van der Waals surface area (Å²) in [7, 11) is 0. The average Bonchev–Trinajstić information content (AvgIpc) is 2.65. The van der Waals surface area contributed by atoms with Crippen LogP contribution in [0, 0.1) is 0 Å². The van der Waals surface area contributed by atoms with E-state index in [9.17, 15) is 9.59 Å². The second-order valence-corrected chi connectivity index (χ2v) is 8.55. The summed E-state index contributed by atoms with van der Waals surface area (Å²) in [4.78, 5) is 27.6. The van der Waals surface area contributed by atoms with E-state index in [1.54, 1.807) is 6.92 Å². The number of benzene rings is 1. The number of nitrogens with zero attached hydrogens (tertiary/aromatic N) is 2. The van der Waals surface area contributed by atoms with Crippen molar-refractivity contribution in [3.8, 4) is 5.75 Å². The zero-order valence-electron chi connectivity index (χ0n) is 17.8. The summed E-state index contributed by atoms with van der Waals surface area (Å²) in [5, 5.41) is 9.05. The van der Waals surface area contributed by atoms with Gasteiger partial charge in [0.25, 0.3) is 5.91 Å². The van der Waals surface area contributed by atoms with E-state index < -0.39 is 12.1 Å². The molecule has 1 heterocycles. The maximum atomic E-state index is 12.8. The van der Waals surface area contributed by atoms with Crippen LogP contribution < -0.4 is 4.74 Å². The zero-order chi connectivity index (χ0) is 20.9. The average molecular weight is 391 g/mol. The first-order valence-corrected chi connectivity index (χ1v) is 10.1. The van der Waals surface area contributed by atoms with Gasteiger partial charge >= 0.3 is 5.97 Å². The van der Waals surface area contributed by atoms with Gasteiger partial charge in [-0.15, -0.1) is 0 Å². The fraction of sp³-hybridized carbons (Fsp3) is 0.636. The number of hydrogen-bond acceptors (Lipinski definition) is 4. The Morgan fingerprint density at radius 2 is 1.93 bits per heavy atom. The van der Waals surface area contributed by atoms with Crippen LogP contribution in [0.4, 0.5) is 0 Å². The summed E-state index contributed by atoms with van der Waals surface area (Å²) in [5.74, 6) is -0.109. The molecule has 1 atom stereocenters. The minimum absolute atomic E-state index is 0.0131. The number of piperidine rings is 1. The van der Waals surface area contributed by atoms with Gasteiger partial charge in [0.15, 0.2) is 6.10 Å². The topological polar surface area (TPSA) is 70.1 Å². The van der Waals surface area contributed by atoms with Crippen molar-refractivity contribution in [3.63, 3.8) is 0 Å². The van der Waals surface area contributed by atoms with Gasteiger partial charge < -0.3 is 14.7 Å². The number of aliphatic carboxylic acids is 1. The standard InChI is InChI=1S/C22H34N2O4/c1-6-23(15-20(25)26)18-10-12-24(13-11-18)21(27)16(2)28-19-9-7-8-17(14-19)22(3,4)5/h7-9,14,16,18H,6,10-13,15H2,1-5H3,(H,25,26)/t16-/m0/s1. The molecule has 1 amide bonds. The van der Waals surface area contributed by atoms with Crippen LogP contribution in [0.1, 0.15) is 53.0 Å². The number of likely N-dealkylation sites (N-methyl/N-ethyl adjacent to an activating group) is 1. The molecule has 0 spiro atoms. The predicted octanol–water partition coefficient (Wildman–Crippen LogP) is 3.15. The molecule has 1 aliphatic heterocycles. The smallest absolute Gasteiger partial charge is 0.317 e. The van der Waals surface area contributed by atoms with E-state index in [0.29, 0.717) is 25.4 Å². The molecule has 1 fully saturated rings. The Morgan fingerprint density at radius 1 is 1.29 bits per heavy atom. The van der Waals surface area contributed by atoms with Gasteiger partial charge in [-0.1, -0.05) is 39.8 Å². The van der Waals surface area contributed by atoms with Gasteiger partial charge in [-0.2, -0.15) is 0 Å². The molecule has 6 nitrogen and oxygen atoms in total. The molecule has 0 aliphatic carbocycles. The summed E-state index contributed by atoms with van der Waals surface area (Å²) in [6.07, 6.45) is 1.03. The Morgan fingerprint density at radius 3 is 2.46 bits per heavy atom. The Hall–Kier alpha value is -2.08. The molecule has 0 saturated carbocycles. The number of likely N-dealkylation sites (tertiary alicyclic amines) is 1. The first kappa shape index (κ1) is 22.2. The Balaban J connectivity index is 1.92. The van der Waals surface area contributed by atoms with E-state index in [0.717, 1.165) is 12.8 Å². The lowest BCUT2D eigenvalue weighted by molar-refractivity contribution is -0.142. The fourth-order valence-corrected chi connectivity index (χ4v) is 3.67. The van der Waals surface area contributed by atoms with Crippen LogP contribution in [-0.4, -0.2) is 65.1 Å². The van der Waals surface area contributed by atoms with Gasteiger partial charge in [-0.05, 0) is 49.4 Å². The van der Waals surface area contributed by atoms with E-state index in [1.165, 1.54) is 5.56 Å². The van der Waals surface area contributed by atoms with Gasteiger partial charge in [0.2, 0.25) is 0 Å². The van der Waals surface area contributed by atoms with Crippen molar-refractivity contribution in [1.82, 2.24) is 9.80 Å². The van der Waals surface area contributed by atoms with E-state index >= 15 is 0 Å². The Labute approximate surface area is 168 Å². The summed E-state index contributed by atoms with van der Waals surface area (Å²) in [5.41, 5.74) is 1.19.